The summed E-state index contributed by atoms with van der Waals surface area (Å²) in [6.07, 6.45) is 1.63. The van der Waals surface area contributed by atoms with Gasteiger partial charge in [-0.15, -0.1) is 10.2 Å². The van der Waals surface area contributed by atoms with Crippen LogP contribution in [0.1, 0.15) is 5.82 Å². The molecular weight excluding hydrogens is 219 g/mol. The highest BCUT2D eigenvalue weighted by Crippen LogP contribution is 2.17. The molecule has 1 aromatic heterocycles. The van der Waals surface area contributed by atoms with Gasteiger partial charge in [0.25, 0.3) is 6.71 Å². The molecule has 0 bridgehead atoms. The third-order valence-electron chi connectivity index (χ3n) is 2.09. The lowest BCUT2D eigenvalue weighted by atomic mass is 9.45. The number of halogens is 1. The van der Waals surface area contributed by atoms with E-state index in [4.69, 9.17) is 5.26 Å². The predicted octanol–water partition coefficient (Wildman–Crippen LogP) is 0.693. The molecule has 0 saturated heterocycles. The van der Waals surface area contributed by atoms with Gasteiger partial charge in [-0.1, -0.05) is 0 Å². The van der Waals surface area contributed by atoms with E-state index in [-0.39, 0.29) is 6.71 Å². The lowest BCUT2D eigenvalue weighted by Crippen LogP contribution is -2.26. The number of aromatic nitrogens is 3. The Morgan fingerprint density at radius 3 is 3.17 bits per heavy atom. The molecule has 1 aliphatic heterocycles. The molecule has 0 fully saturated rings. The van der Waals surface area contributed by atoms with Crippen LogP contribution in [0, 0.1) is 11.2 Å². The van der Waals surface area contributed by atoms with Gasteiger partial charge in [-0.25, -0.2) is 5.26 Å². The van der Waals surface area contributed by atoms with Gasteiger partial charge in [0, 0.05) is 18.8 Å². The molecule has 0 amide bonds. The van der Waals surface area contributed by atoms with Crippen molar-refractivity contribution in [1.82, 2.24) is 14.8 Å². The quantitative estimate of drug-likeness (QED) is 0.610. The van der Waals surface area contributed by atoms with Gasteiger partial charge in [-0.3, -0.25) is 0 Å². The summed E-state index contributed by atoms with van der Waals surface area (Å²) in [7, 11) is 0. The average molecular weight is 225 g/mol. The zero-order chi connectivity index (χ0) is 8.55. The molecular formula is C6H6BBrN4. The summed E-state index contributed by atoms with van der Waals surface area (Å²) in [5, 5.41) is 16.6. The summed E-state index contributed by atoms with van der Waals surface area (Å²) < 4.78 is 2.78. The highest BCUT2D eigenvalue weighted by molar-refractivity contribution is 9.10. The summed E-state index contributed by atoms with van der Waals surface area (Å²) in [6, 6.07) is 0. The molecule has 0 radical (unpaired) electrons. The monoisotopic (exact) mass is 224 g/mol. The van der Waals surface area contributed by atoms with Gasteiger partial charge in [0.1, 0.15) is 5.82 Å². The van der Waals surface area contributed by atoms with Gasteiger partial charge in [-0.2, -0.15) is 0 Å². The van der Waals surface area contributed by atoms with Crippen molar-refractivity contribution in [2.75, 3.05) is 0 Å². The Kier molecular flexibility index (Phi) is 1.89. The Morgan fingerprint density at radius 2 is 2.42 bits per heavy atom. The van der Waals surface area contributed by atoms with Crippen LogP contribution >= 0.6 is 15.9 Å². The molecule has 12 heavy (non-hydrogen) atoms. The highest BCUT2D eigenvalue weighted by atomic mass is 79.9. The highest BCUT2D eigenvalue weighted by Gasteiger charge is 2.24. The fourth-order valence-electron chi connectivity index (χ4n) is 1.40. The first-order valence-electron chi connectivity index (χ1n) is 3.78. The van der Waals surface area contributed by atoms with Gasteiger partial charge in [0.15, 0.2) is 4.73 Å². The van der Waals surface area contributed by atoms with Crippen molar-refractivity contribution < 1.29 is 0 Å². The number of hydrogen-bond acceptors (Lipinski definition) is 3. The first-order chi connectivity index (χ1) is 5.81. The van der Waals surface area contributed by atoms with Crippen LogP contribution in [-0.2, 0) is 12.9 Å². The van der Waals surface area contributed by atoms with E-state index in [0.29, 0.717) is 0 Å². The molecule has 6 heteroatoms. The van der Waals surface area contributed by atoms with Crippen LogP contribution in [0.15, 0.2) is 4.73 Å². The van der Waals surface area contributed by atoms with Crippen LogP contribution in [0.4, 0.5) is 0 Å². The minimum atomic E-state index is 0.119. The van der Waals surface area contributed by atoms with E-state index >= 15 is 0 Å². The number of fused-ring (bicyclic) bond motifs is 1. The largest absolute Gasteiger partial charge is 0.307 e. The van der Waals surface area contributed by atoms with Crippen LogP contribution < -0.4 is 0 Å². The molecule has 2 heterocycles. The summed E-state index contributed by atoms with van der Waals surface area (Å²) in [4.78, 5) is 0. The second-order valence-electron chi connectivity index (χ2n) is 2.86. The molecule has 60 valence electrons. The van der Waals surface area contributed by atoms with Crippen molar-refractivity contribution in [1.29, 1.82) is 5.26 Å². The van der Waals surface area contributed by atoms with E-state index in [1.165, 1.54) is 0 Å². The van der Waals surface area contributed by atoms with Gasteiger partial charge < -0.3 is 4.57 Å². The molecule has 1 aromatic rings. The predicted molar refractivity (Wildman–Crippen MR) is 47.6 cm³/mol. The lowest BCUT2D eigenvalue weighted by Gasteiger charge is -2.14. The van der Waals surface area contributed by atoms with Gasteiger partial charge in [-0.05, 0) is 22.3 Å². The van der Waals surface area contributed by atoms with E-state index in [1.54, 1.807) is 0 Å². The Balaban J connectivity index is 2.31. The Bertz CT molecular complexity index is 342. The third-order valence-corrected chi connectivity index (χ3v) is 2.68. The molecule has 0 atom stereocenters. The first-order valence-corrected chi connectivity index (χ1v) is 4.57. The minimum absolute atomic E-state index is 0.119. The van der Waals surface area contributed by atoms with Crippen molar-refractivity contribution in [3.8, 4) is 5.97 Å². The number of hydrogen-bond donors (Lipinski definition) is 0. The van der Waals surface area contributed by atoms with Crippen LogP contribution in [0.2, 0.25) is 6.32 Å². The van der Waals surface area contributed by atoms with E-state index in [2.05, 4.69) is 32.1 Å². The fraction of sp³-hybridized carbons (Fsp3) is 0.500. The molecule has 2 rings (SSSR count). The van der Waals surface area contributed by atoms with Crippen LogP contribution in [0.3, 0.4) is 0 Å². The Morgan fingerprint density at radius 1 is 1.58 bits per heavy atom. The van der Waals surface area contributed by atoms with Crippen LogP contribution in [-0.4, -0.2) is 21.5 Å². The van der Waals surface area contributed by atoms with E-state index in [0.717, 1.165) is 29.7 Å². The fourth-order valence-corrected chi connectivity index (χ4v) is 1.86. The zero-order valence-corrected chi connectivity index (χ0v) is 7.95. The van der Waals surface area contributed by atoms with Crippen LogP contribution in [0.5, 0.6) is 0 Å². The molecule has 4 nitrogen and oxygen atoms in total. The van der Waals surface area contributed by atoms with E-state index in [9.17, 15) is 0 Å². The van der Waals surface area contributed by atoms with E-state index in [1.807, 2.05) is 4.57 Å². The SMILES string of the molecule is N#CB1CCn2c(Br)nnc2C1. The maximum absolute atomic E-state index is 8.70. The molecule has 0 aromatic carbocycles. The Hall–Kier alpha value is -0.825. The van der Waals surface area contributed by atoms with Crippen molar-refractivity contribution >= 4 is 22.6 Å². The summed E-state index contributed by atoms with van der Waals surface area (Å²) >= 11 is 3.30. The number of nitriles is 1. The summed E-state index contributed by atoms with van der Waals surface area (Å²) in [6.45, 7) is 0.967. The second-order valence-corrected chi connectivity index (χ2v) is 3.56. The molecule has 0 unspecified atom stereocenters. The van der Waals surface area contributed by atoms with Crippen molar-refractivity contribution in [2.24, 2.45) is 0 Å². The van der Waals surface area contributed by atoms with Gasteiger partial charge >= 0.3 is 0 Å². The van der Waals surface area contributed by atoms with E-state index < -0.39 is 0 Å². The number of nitrogens with zero attached hydrogens (tertiary/aromatic N) is 4. The maximum atomic E-state index is 8.70. The lowest BCUT2D eigenvalue weighted by molar-refractivity contribution is 0.679. The molecule has 1 aliphatic rings. The zero-order valence-electron chi connectivity index (χ0n) is 6.37. The third kappa shape index (κ3) is 1.14. The first kappa shape index (κ1) is 7.81. The van der Waals surface area contributed by atoms with Crippen molar-refractivity contribution in [3.05, 3.63) is 10.6 Å². The smallest absolute Gasteiger partial charge is 0.277 e. The summed E-state index contributed by atoms with van der Waals surface area (Å²) in [5.74, 6) is 3.17. The molecule has 0 spiro atoms. The maximum Gasteiger partial charge on any atom is 0.277 e. The molecule has 0 saturated carbocycles. The second kappa shape index (κ2) is 2.90. The standard InChI is InChI=1S/C6H6BBrN4/c8-6-11-10-5-3-7(4-9)1-2-12(5)6/h1-3H2. The normalized spacial score (nSPS) is 15.5. The molecule has 0 N–H and O–H groups in total. The topological polar surface area (TPSA) is 54.5 Å². The summed E-state index contributed by atoms with van der Waals surface area (Å²) in [5.41, 5.74) is 0. The average Bonchev–Trinajstić information content (AvgIpc) is 2.47. The van der Waals surface area contributed by atoms with Gasteiger partial charge in [0.05, 0.1) is 0 Å². The van der Waals surface area contributed by atoms with Gasteiger partial charge in [0.2, 0.25) is 0 Å². The van der Waals surface area contributed by atoms with Crippen LogP contribution in [0.25, 0.3) is 0 Å². The molecule has 0 aliphatic carbocycles. The minimum Gasteiger partial charge on any atom is -0.307 e. The van der Waals surface area contributed by atoms with Crippen molar-refractivity contribution in [3.63, 3.8) is 0 Å². The van der Waals surface area contributed by atoms with Crippen molar-refractivity contribution in [2.45, 2.75) is 19.2 Å². The number of rotatable bonds is 0. The Labute approximate surface area is 78.8 Å².